The van der Waals surface area contributed by atoms with E-state index in [4.69, 9.17) is 9.97 Å². The Kier molecular flexibility index (Phi) is 5.90. The molecule has 0 radical (unpaired) electrons. The largest absolute Gasteiger partial charge is 0.256 e. The highest BCUT2D eigenvalue weighted by Crippen LogP contribution is 2.61. The molecule has 11 rings (SSSR count). The molecule has 6 aromatic carbocycles. The van der Waals surface area contributed by atoms with Crippen LogP contribution in [0, 0.1) is 0 Å². The average Bonchev–Trinajstić information content (AvgIpc) is 3.65. The average molecular weight is 681 g/mol. The van der Waals surface area contributed by atoms with Crippen molar-refractivity contribution in [1.29, 1.82) is 0 Å². The first-order chi connectivity index (χ1) is 25.6. The summed E-state index contributed by atoms with van der Waals surface area (Å²) < 4.78 is 0. The topological polar surface area (TPSA) is 25.8 Å². The summed E-state index contributed by atoms with van der Waals surface area (Å²) in [7, 11) is 0. The van der Waals surface area contributed by atoms with Crippen LogP contribution >= 0.6 is 0 Å². The van der Waals surface area contributed by atoms with Crippen molar-refractivity contribution >= 4 is 21.5 Å². The lowest BCUT2D eigenvalue weighted by Crippen LogP contribution is -2.17. The van der Waals surface area contributed by atoms with Gasteiger partial charge in [-0.25, -0.2) is 0 Å². The zero-order chi connectivity index (χ0) is 36.0. The highest BCUT2D eigenvalue weighted by molar-refractivity contribution is 6.11. The molecule has 0 unspecified atom stereocenters. The fourth-order valence-electron chi connectivity index (χ4n) is 10.3. The molecule has 0 amide bonds. The van der Waals surface area contributed by atoms with E-state index in [1.54, 1.807) is 0 Å². The zero-order valence-electron chi connectivity index (χ0n) is 31.1. The van der Waals surface area contributed by atoms with Crippen molar-refractivity contribution in [1.82, 2.24) is 9.97 Å². The van der Waals surface area contributed by atoms with E-state index in [0.717, 1.165) is 11.4 Å². The second-order valence-electron chi connectivity index (χ2n) is 17.0. The number of benzene rings is 6. The van der Waals surface area contributed by atoms with E-state index < -0.39 is 0 Å². The van der Waals surface area contributed by atoms with Gasteiger partial charge in [-0.3, -0.25) is 9.97 Å². The van der Waals surface area contributed by atoms with E-state index in [1.165, 1.54) is 99.4 Å². The van der Waals surface area contributed by atoms with E-state index in [2.05, 4.69) is 151 Å². The van der Waals surface area contributed by atoms with Gasteiger partial charge in [0.25, 0.3) is 0 Å². The number of pyridine rings is 2. The van der Waals surface area contributed by atoms with Crippen LogP contribution < -0.4 is 0 Å². The van der Waals surface area contributed by atoms with Crippen LogP contribution in [0.3, 0.4) is 0 Å². The molecule has 0 atom stereocenters. The van der Waals surface area contributed by atoms with Crippen LogP contribution in [0.25, 0.3) is 77.4 Å². The Morgan fingerprint density at radius 3 is 1.04 bits per heavy atom. The summed E-state index contributed by atoms with van der Waals surface area (Å²) in [5.41, 5.74) is 20.6. The first-order valence-electron chi connectivity index (χ1n) is 18.9. The minimum atomic E-state index is -0.173. The standard InChI is InChI=1S/C51H40N2/c1-49(2)39-27-37-41(50(3,4)43-25-35(45-19-11-13-21-52-45)29-15-7-9-17-31(29)47(37)43)23-33(39)34-24-42-38(28-40(34)49)48-32-18-10-8-16-30(32)36(26-44(48)51(42,5)6)46-20-12-14-22-53-46/h7-28H,1-6H3. The van der Waals surface area contributed by atoms with Gasteiger partial charge in [0.1, 0.15) is 0 Å². The van der Waals surface area contributed by atoms with Crippen molar-refractivity contribution in [3.63, 3.8) is 0 Å². The number of rotatable bonds is 2. The quantitative estimate of drug-likeness (QED) is 0.182. The normalized spacial score (nSPS) is 16.2. The van der Waals surface area contributed by atoms with Gasteiger partial charge in [-0.1, -0.05) is 102 Å². The molecule has 2 aromatic heterocycles. The third-order valence-electron chi connectivity index (χ3n) is 13.2. The van der Waals surface area contributed by atoms with Gasteiger partial charge < -0.3 is 0 Å². The molecule has 53 heavy (non-hydrogen) atoms. The van der Waals surface area contributed by atoms with Crippen molar-refractivity contribution in [3.8, 4) is 55.9 Å². The predicted octanol–water partition coefficient (Wildman–Crippen LogP) is 13.0. The number of nitrogens with zero attached hydrogens (tertiary/aromatic N) is 2. The molecule has 0 saturated heterocycles. The summed E-state index contributed by atoms with van der Waals surface area (Å²) in [5, 5.41) is 5.12. The van der Waals surface area contributed by atoms with Crippen molar-refractivity contribution in [3.05, 3.63) is 167 Å². The Bertz CT molecular complexity index is 2700. The maximum atomic E-state index is 4.81. The fourth-order valence-corrected chi connectivity index (χ4v) is 10.3. The molecule has 0 aliphatic heterocycles. The van der Waals surface area contributed by atoms with E-state index >= 15 is 0 Å². The highest BCUT2D eigenvalue weighted by atomic mass is 14.7. The minimum absolute atomic E-state index is 0.165. The summed E-state index contributed by atoms with van der Waals surface area (Å²) in [6, 6.07) is 45.4. The Hall–Kier alpha value is -5.86. The van der Waals surface area contributed by atoms with E-state index in [0.29, 0.717) is 0 Å². The SMILES string of the molecule is CC1(C)c2cc3c(cc2-c2cc4c(cc21)-c1c(cc(-c2ccccn2)c2ccccc12)C4(C)C)C(C)(C)c1cc(-c2ccccn2)c2ccccc2c1-3. The lowest BCUT2D eigenvalue weighted by molar-refractivity contribution is 0.649. The van der Waals surface area contributed by atoms with Gasteiger partial charge in [0.2, 0.25) is 0 Å². The Morgan fingerprint density at radius 2 is 0.642 bits per heavy atom. The number of aromatic nitrogens is 2. The van der Waals surface area contributed by atoms with Crippen LogP contribution in [-0.2, 0) is 16.2 Å². The predicted molar refractivity (Wildman–Crippen MR) is 221 cm³/mol. The number of hydrogen-bond acceptors (Lipinski definition) is 2. The molecule has 3 aliphatic carbocycles. The van der Waals surface area contributed by atoms with E-state index in [1.807, 2.05) is 24.5 Å². The molecule has 0 bridgehead atoms. The fraction of sp³-hybridized carbons (Fsp3) is 0.176. The van der Waals surface area contributed by atoms with Crippen LogP contribution in [0.2, 0.25) is 0 Å². The van der Waals surface area contributed by atoms with Crippen LogP contribution in [0.15, 0.2) is 134 Å². The third kappa shape index (κ3) is 3.88. The summed E-state index contributed by atoms with van der Waals surface area (Å²) in [6.45, 7) is 14.5. The Balaban J connectivity index is 1.14. The van der Waals surface area contributed by atoms with Crippen LogP contribution in [-0.4, -0.2) is 9.97 Å². The van der Waals surface area contributed by atoms with Crippen LogP contribution in [0.1, 0.15) is 74.9 Å². The van der Waals surface area contributed by atoms with Crippen molar-refractivity contribution < 1.29 is 0 Å². The van der Waals surface area contributed by atoms with E-state index in [9.17, 15) is 0 Å². The van der Waals surface area contributed by atoms with Gasteiger partial charge >= 0.3 is 0 Å². The summed E-state index contributed by atoms with van der Waals surface area (Å²) >= 11 is 0. The molecule has 8 aromatic rings. The lowest BCUT2D eigenvalue weighted by Gasteiger charge is -2.25. The molecular formula is C51H40N2. The summed E-state index contributed by atoms with van der Waals surface area (Å²) in [5.74, 6) is 0. The minimum Gasteiger partial charge on any atom is -0.256 e. The highest BCUT2D eigenvalue weighted by Gasteiger charge is 2.45. The molecule has 3 aliphatic rings. The Morgan fingerprint density at radius 1 is 0.321 bits per heavy atom. The van der Waals surface area contributed by atoms with Crippen molar-refractivity contribution in [2.45, 2.75) is 57.8 Å². The van der Waals surface area contributed by atoms with Crippen LogP contribution in [0.5, 0.6) is 0 Å². The summed E-state index contributed by atoms with van der Waals surface area (Å²) in [4.78, 5) is 9.61. The lowest BCUT2D eigenvalue weighted by atomic mass is 9.78. The second kappa shape index (κ2) is 10.2. The van der Waals surface area contributed by atoms with Gasteiger partial charge in [-0.05, 0) is 149 Å². The molecule has 2 heteroatoms. The smallest absolute Gasteiger partial charge is 0.0708 e. The number of fused-ring (bicyclic) bond motifs is 13. The maximum absolute atomic E-state index is 4.81. The molecule has 0 saturated carbocycles. The zero-order valence-corrected chi connectivity index (χ0v) is 31.1. The van der Waals surface area contributed by atoms with E-state index in [-0.39, 0.29) is 16.2 Å². The third-order valence-corrected chi connectivity index (χ3v) is 13.2. The molecule has 0 spiro atoms. The first-order valence-corrected chi connectivity index (χ1v) is 18.9. The van der Waals surface area contributed by atoms with Gasteiger partial charge in [0, 0.05) is 39.8 Å². The van der Waals surface area contributed by atoms with Crippen molar-refractivity contribution in [2.75, 3.05) is 0 Å². The van der Waals surface area contributed by atoms with Gasteiger partial charge in [-0.2, -0.15) is 0 Å². The molecule has 254 valence electrons. The molecule has 2 nitrogen and oxygen atoms in total. The Labute approximate surface area is 311 Å². The van der Waals surface area contributed by atoms with Crippen molar-refractivity contribution in [2.24, 2.45) is 0 Å². The van der Waals surface area contributed by atoms with Gasteiger partial charge in [-0.15, -0.1) is 0 Å². The second-order valence-corrected chi connectivity index (χ2v) is 17.0. The monoisotopic (exact) mass is 680 g/mol. The first kappa shape index (κ1) is 30.7. The number of hydrogen-bond donors (Lipinski definition) is 0. The molecule has 0 N–H and O–H groups in total. The molecular weight excluding hydrogens is 641 g/mol. The van der Waals surface area contributed by atoms with Gasteiger partial charge in [0.15, 0.2) is 0 Å². The van der Waals surface area contributed by atoms with Crippen LogP contribution in [0.4, 0.5) is 0 Å². The van der Waals surface area contributed by atoms with Gasteiger partial charge in [0.05, 0.1) is 11.4 Å². The molecule has 2 heterocycles. The maximum Gasteiger partial charge on any atom is 0.0708 e. The summed E-state index contributed by atoms with van der Waals surface area (Å²) in [6.07, 6.45) is 3.81. The molecule has 0 fully saturated rings.